The fraction of sp³-hybridized carbons (Fsp3) is 0.508. The molecule has 0 aliphatic heterocycles. The second kappa shape index (κ2) is 30.5. The lowest BCUT2D eigenvalue weighted by molar-refractivity contribution is 0.608. The number of hydrogen-bond acceptors (Lipinski definition) is 8. The molecule has 0 radical (unpaired) electrons. The van der Waals surface area contributed by atoms with Crippen molar-refractivity contribution < 1.29 is 0 Å². The van der Waals surface area contributed by atoms with Gasteiger partial charge in [-0.1, -0.05) is 156 Å². The molecule has 0 atom stereocenters. The summed E-state index contributed by atoms with van der Waals surface area (Å²) in [6.07, 6.45) is 36.9. The van der Waals surface area contributed by atoms with Crippen LogP contribution in [0.2, 0.25) is 0 Å². The highest BCUT2D eigenvalue weighted by atomic mass is 32.1. The lowest BCUT2D eigenvalue weighted by Crippen LogP contribution is -1.86. The Labute approximate surface area is 474 Å². The first-order valence-electron chi connectivity index (χ1n) is 28.8. The van der Waals surface area contributed by atoms with E-state index in [1.54, 1.807) is 22.3 Å². The Morgan fingerprint density at radius 1 is 0.260 bits per heavy atom. The normalized spacial score (nSPS) is 11.8. The van der Waals surface area contributed by atoms with Gasteiger partial charge in [0.15, 0.2) is 0 Å². The monoisotopic (exact) mass is 1120 g/mol. The summed E-state index contributed by atoms with van der Waals surface area (Å²) in [5.74, 6) is 0. The van der Waals surface area contributed by atoms with Crippen LogP contribution >= 0.6 is 90.7 Å². The van der Waals surface area contributed by atoms with Crippen LogP contribution in [0.4, 0.5) is 0 Å². The molecule has 0 aromatic carbocycles. The van der Waals surface area contributed by atoms with E-state index in [1.807, 2.05) is 68.0 Å². The minimum absolute atomic E-state index is 1.17. The zero-order valence-electron chi connectivity index (χ0n) is 45.1. The molecule has 0 spiro atoms. The molecule has 392 valence electrons. The number of hydrogen-bond donors (Lipinski definition) is 0. The molecule has 8 aromatic rings. The molecular formula is C65H84S8. The van der Waals surface area contributed by atoms with Gasteiger partial charge in [0.25, 0.3) is 0 Å². The minimum atomic E-state index is 1.17. The summed E-state index contributed by atoms with van der Waals surface area (Å²) < 4.78 is 0. The first-order valence-corrected chi connectivity index (χ1v) is 35.4. The van der Waals surface area contributed by atoms with Crippen molar-refractivity contribution >= 4 is 90.7 Å². The van der Waals surface area contributed by atoms with Gasteiger partial charge in [0.05, 0.1) is 0 Å². The predicted molar refractivity (Wildman–Crippen MR) is 341 cm³/mol. The highest BCUT2D eigenvalue weighted by Crippen LogP contribution is 2.51. The van der Waals surface area contributed by atoms with E-state index in [0.717, 1.165) is 0 Å². The molecule has 0 saturated carbocycles. The van der Waals surface area contributed by atoms with Gasteiger partial charge in [0, 0.05) is 73.2 Å². The van der Waals surface area contributed by atoms with Gasteiger partial charge in [-0.05, 0) is 159 Å². The molecular weight excluding hydrogens is 1040 g/mol. The second-order valence-corrected chi connectivity index (χ2v) is 29.3. The third-order valence-corrected chi connectivity index (χ3v) is 24.6. The molecule has 8 heterocycles. The van der Waals surface area contributed by atoms with Crippen LogP contribution in [0.1, 0.15) is 209 Å². The SMILES string of the molecule is CCCCCCCCc1ccsc1-c1ccc(-c2ccc(-c3sc(-c4cc(CCCCCCCC)c(-c5ccc(-c6ccc(-c7sc(C)cc7CCCCCCCC)s6)s5)s4)cc3CCCCCCCC)s2)s1. The van der Waals surface area contributed by atoms with Crippen LogP contribution in [0.5, 0.6) is 0 Å². The third-order valence-electron chi connectivity index (χ3n) is 14.5. The number of rotatable bonds is 35. The highest BCUT2D eigenvalue weighted by Gasteiger charge is 2.21. The molecule has 0 aliphatic rings. The van der Waals surface area contributed by atoms with Crippen LogP contribution in [-0.4, -0.2) is 0 Å². The van der Waals surface area contributed by atoms with Crippen molar-refractivity contribution in [2.75, 3.05) is 0 Å². The van der Waals surface area contributed by atoms with Gasteiger partial charge in [-0.15, -0.1) is 90.7 Å². The summed E-state index contributed by atoms with van der Waals surface area (Å²) in [6, 6.07) is 29.4. The highest BCUT2D eigenvalue weighted by molar-refractivity contribution is 7.31. The average Bonchev–Trinajstić information content (AvgIpc) is 4.25. The van der Waals surface area contributed by atoms with E-state index in [0.29, 0.717) is 0 Å². The number of unbranched alkanes of at least 4 members (excludes halogenated alkanes) is 20. The fourth-order valence-corrected chi connectivity index (χ4v) is 19.7. The molecule has 73 heavy (non-hydrogen) atoms. The maximum Gasteiger partial charge on any atom is 0.0481 e. The molecule has 0 aliphatic carbocycles. The standard InChI is InChI=1S/C65H84S8/c1-6-10-14-18-22-26-30-48-42-43-66-62(48)56-38-34-52(68-56)53-36-40-58(70-53)64-50(32-28-24-20-16-12-8-3)45-60(72-64)61-46-51(33-29-25-21-17-13-9-4)65(73-61)59-41-37-55(71-59)54-35-39-57(69-54)63-49(44-47(5)67-63)31-27-23-19-15-11-7-2/h34-46H,6-33H2,1-5H3. The number of thiophene rings is 8. The van der Waals surface area contributed by atoms with Crippen LogP contribution in [0.25, 0.3) is 68.3 Å². The van der Waals surface area contributed by atoms with Crippen LogP contribution in [0, 0.1) is 6.92 Å². The Hall–Kier alpha value is -2.40. The average molecular weight is 1120 g/mol. The van der Waals surface area contributed by atoms with Crippen LogP contribution < -0.4 is 0 Å². The Morgan fingerprint density at radius 2 is 0.562 bits per heavy atom. The zero-order chi connectivity index (χ0) is 50.6. The zero-order valence-corrected chi connectivity index (χ0v) is 51.6. The second-order valence-electron chi connectivity index (χ2n) is 20.6. The van der Waals surface area contributed by atoms with Gasteiger partial charge in [-0.25, -0.2) is 0 Å². The lowest BCUT2D eigenvalue weighted by atomic mass is 10.0. The van der Waals surface area contributed by atoms with Crippen molar-refractivity contribution in [2.24, 2.45) is 0 Å². The maximum atomic E-state index is 2.61. The molecule has 0 saturated heterocycles. The van der Waals surface area contributed by atoms with Crippen molar-refractivity contribution in [1.29, 1.82) is 0 Å². The Morgan fingerprint density at radius 3 is 0.945 bits per heavy atom. The quantitative estimate of drug-likeness (QED) is 0.0347. The molecule has 0 bridgehead atoms. The van der Waals surface area contributed by atoms with Gasteiger partial charge in [0.1, 0.15) is 0 Å². The van der Waals surface area contributed by atoms with Gasteiger partial charge in [-0.3, -0.25) is 0 Å². The largest absolute Gasteiger partial charge is 0.143 e. The third kappa shape index (κ3) is 16.3. The van der Waals surface area contributed by atoms with Gasteiger partial charge in [0.2, 0.25) is 0 Å². The van der Waals surface area contributed by atoms with Gasteiger partial charge >= 0.3 is 0 Å². The van der Waals surface area contributed by atoms with E-state index in [2.05, 4.69) is 135 Å². The molecule has 0 unspecified atom stereocenters. The van der Waals surface area contributed by atoms with Gasteiger partial charge < -0.3 is 0 Å². The van der Waals surface area contributed by atoms with Crippen LogP contribution in [-0.2, 0) is 25.7 Å². The minimum Gasteiger partial charge on any atom is -0.143 e. The van der Waals surface area contributed by atoms with E-state index in [-0.39, 0.29) is 0 Å². The van der Waals surface area contributed by atoms with Crippen molar-refractivity contribution in [3.8, 4) is 68.3 Å². The van der Waals surface area contributed by atoms with E-state index < -0.39 is 0 Å². The molecule has 0 fully saturated rings. The molecule has 8 rings (SSSR count). The molecule has 0 nitrogen and oxygen atoms in total. The fourth-order valence-electron chi connectivity index (χ4n) is 10.4. The molecule has 0 amide bonds. The Balaban J connectivity index is 1.03. The van der Waals surface area contributed by atoms with Gasteiger partial charge in [-0.2, -0.15) is 0 Å². The number of aryl methyl sites for hydroxylation is 5. The van der Waals surface area contributed by atoms with E-state index in [4.69, 9.17) is 0 Å². The van der Waals surface area contributed by atoms with Crippen molar-refractivity contribution in [2.45, 2.75) is 214 Å². The summed E-state index contributed by atoms with van der Waals surface area (Å²) in [5.41, 5.74) is 6.23. The van der Waals surface area contributed by atoms with E-state index in [9.17, 15) is 0 Å². The molecule has 8 aromatic heterocycles. The lowest BCUT2D eigenvalue weighted by Gasteiger charge is -2.03. The Bertz CT molecular complexity index is 2800. The first kappa shape index (κ1) is 56.8. The van der Waals surface area contributed by atoms with E-state index in [1.165, 1.54) is 253 Å². The van der Waals surface area contributed by atoms with Crippen LogP contribution in [0.15, 0.2) is 78.2 Å². The Kier molecular flexibility index (Phi) is 23.7. The van der Waals surface area contributed by atoms with Crippen LogP contribution in [0.3, 0.4) is 0 Å². The first-order chi connectivity index (χ1) is 36.0. The molecule has 0 N–H and O–H groups in total. The van der Waals surface area contributed by atoms with Crippen molar-refractivity contribution in [3.05, 3.63) is 105 Å². The van der Waals surface area contributed by atoms with E-state index >= 15 is 0 Å². The smallest absolute Gasteiger partial charge is 0.0481 e. The van der Waals surface area contributed by atoms with Crippen molar-refractivity contribution in [1.82, 2.24) is 0 Å². The summed E-state index contributed by atoms with van der Waals surface area (Å²) in [7, 11) is 0. The topological polar surface area (TPSA) is 0 Å². The molecule has 8 heteroatoms. The van der Waals surface area contributed by atoms with Crippen molar-refractivity contribution in [3.63, 3.8) is 0 Å². The summed E-state index contributed by atoms with van der Waals surface area (Å²) in [6.45, 7) is 11.6. The summed E-state index contributed by atoms with van der Waals surface area (Å²) in [4.78, 5) is 21.8. The summed E-state index contributed by atoms with van der Waals surface area (Å²) in [5, 5.41) is 2.31. The maximum absolute atomic E-state index is 2.61. The predicted octanol–water partition coefficient (Wildman–Crippen LogP) is 25.8. The summed E-state index contributed by atoms with van der Waals surface area (Å²) >= 11 is 16.1.